The summed E-state index contributed by atoms with van der Waals surface area (Å²) in [5, 5.41) is 0. The third kappa shape index (κ3) is 5.82. The molecule has 5 rings (SSSR count). The molecule has 0 amide bonds. The Morgan fingerprint density at radius 2 is 1.77 bits per heavy atom. The standard InChI is InChI=1S/C39H50/c1-25-18-27(3)35(23-32-13-11-17-39(32,8)9)37(19-25)33-14-10-12-30-20-29(22-36(30)33)21-34-26(2)15-16-31(28(34)4)24-38(5,6)7/h10,12,14-16,18-20,31-32,34H,2,4,11,13,17,21-24H2,1,3,5-9H3. The van der Waals surface area contributed by atoms with E-state index in [4.69, 9.17) is 0 Å². The number of fused-ring (bicyclic) bond motifs is 1. The van der Waals surface area contributed by atoms with Gasteiger partial charge in [0.25, 0.3) is 0 Å². The van der Waals surface area contributed by atoms with Gasteiger partial charge in [-0.15, -0.1) is 0 Å². The molecule has 0 heterocycles. The third-order valence-electron chi connectivity index (χ3n) is 10.0. The van der Waals surface area contributed by atoms with Crippen molar-refractivity contribution in [3.8, 4) is 11.1 Å². The maximum Gasteiger partial charge on any atom is 0.00827 e. The van der Waals surface area contributed by atoms with E-state index in [1.165, 1.54) is 75.8 Å². The van der Waals surface area contributed by atoms with Crippen LogP contribution in [-0.4, -0.2) is 0 Å². The Hall–Kier alpha value is -2.60. The summed E-state index contributed by atoms with van der Waals surface area (Å²) < 4.78 is 0. The topological polar surface area (TPSA) is 0 Å². The Labute approximate surface area is 239 Å². The lowest BCUT2D eigenvalue weighted by molar-refractivity contribution is 0.258. The molecule has 2 aromatic rings. The van der Waals surface area contributed by atoms with E-state index in [1.54, 1.807) is 5.56 Å². The van der Waals surface area contributed by atoms with Gasteiger partial charge in [0.05, 0.1) is 0 Å². The molecule has 39 heavy (non-hydrogen) atoms. The molecule has 0 aliphatic heterocycles. The van der Waals surface area contributed by atoms with Crippen molar-refractivity contribution in [1.29, 1.82) is 0 Å². The first-order chi connectivity index (χ1) is 18.3. The highest BCUT2D eigenvalue weighted by atomic mass is 14.4. The molecular formula is C39H50. The summed E-state index contributed by atoms with van der Waals surface area (Å²) in [7, 11) is 0. The Morgan fingerprint density at radius 3 is 2.46 bits per heavy atom. The first kappa shape index (κ1) is 27.9. The van der Waals surface area contributed by atoms with Gasteiger partial charge in [-0.2, -0.15) is 0 Å². The first-order valence-electron chi connectivity index (χ1n) is 15.3. The molecule has 0 saturated heterocycles. The molecule has 0 aromatic heterocycles. The van der Waals surface area contributed by atoms with Crippen LogP contribution in [0.3, 0.4) is 0 Å². The average molecular weight is 519 g/mol. The van der Waals surface area contributed by atoms with Crippen LogP contribution in [0, 0.1) is 42.4 Å². The lowest BCUT2D eigenvalue weighted by atomic mass is 9.71. The lowest BCUT2D eigenvalue weighted by Gasteiger charge is -2.33. The molecule has 206 valence electrons. The summed E-state index contributed by atoms with van der Waals surface area (Å²) in [4.78, 5) is 0. The highest BCUT2D eigenvalue weighted by Gasteiger charge is 2.35. The van der Waals surface area contributed by atoms with Crippen LogP contribution < -0.4 is 0 Å². The zero-order valence-electron chi connectivity index (χ0n) is 25.7. The van der Waals surface area contributed by atoms with Gasteiger partial charge in [-0.1, -0.05) is 119 Å². The van der Waals surface area contributed by atoms with Crippen molar-refractivity contribution in [1.82, 2.24) is 0 Å². The number of rotatable bonds is 6. The van der Waals surface area contributed by atoms with Gasteiger partial charge in [-0.05, 0) is 114 Å². The SMILES string of the molecule is C=C1C=CC(CC(C)(C)C)C(=C)C1CC1=Cc2cccc(-c3cc(C)cc(C)c3CC3CCCC3(C)C)c2C1. The lowest BCUT2D eigenvalue weighted by Crippen LogP contribution is -2.21. The molecule has 3 atom stereocenters. The number of aryl methyl sites for hydroxylation is 2. The fraction of sp³-hybridized carbons (Fsp3) is 0.487. The van der Waals surface area contributed by atoms with Crippen molar-refractivity contribution < 1.29 is 0 Å². The highest BCUT2D eigenvalue weighted by molar-refractivity contribution is 5.80. The Balaban J connectivity index is 1.42. The van der Waals surface area contributed by atoms with E-state index < -0.39 is 0 Å². The van der Waals surface area contributed by atoms with Crippen LogP contribution in [0.1, 0.15) is 94.5 Å². The molecule has 2 aromatic carbocycles. The molecule has 1 saturated carbocycles. The van der Waals surface area contributed by atoms with Crippen LogP contribution in [0.4, 0.5) is 0 Å². The van der Waals surface area contributed by atoms with E-state index in [0.29, 0.717) is 17.3 Å². The summed E-state index contributed by atoms with van der Waals surface area (Å²) in [5.74, 6) is 1.55. The zero-order valence-corrected chi connectivity index (χ0v) is 25.7. The minimum atomic E-state index is 0.288. The summed E-state index contributed by atoms with van der Waals surface area (Å²) in [5.41, 5.74) is 15.1. The Morgan fingerprint density at radius 1 is 1.00 bits per heavy atom. The van der Waals surface area contributed by atoms with Crippen LogP contribution >= 0.6 is 0 Å². The quantitative estimate of drug-likeness (QED) is 0.334. The van der Waals surface area contributed by atoms with Crippen LogP contribution in [0.25, 0.3) is 17.2 Å². The molecule has 3 aliphatic carbocycles. The van der Waals surface area contributed by atoms with Crippen molar-refractivity contribution >= 4 is 6.08 Å². The van der Waals surface area contributed by atoms with Crippen LogP contribution in [0.2, 0.25) is 0 Å². The van der Waals surface area contributed by atoms with Gasteiger partial charge in [0.2, 0.25) is 0 Å². The number of hydrogen-bond donors (Lipinski definition) is 0. The van der Waals surface area contributed by atoms with Gasteiger partial charge in [0.1, 0.15) is 0 Å². The number of allylic oxidation sites excluding steroid dienone is 5. The molecule has 0 nitrogen and oxygen atoms in total. The van der Waals surface area contributed by atoms with Crippen LogP contribution in [0.5, 0.6) is 0 Å². The van der Waals surface area contributed by atoms with Gasteiger partial charge in [0.15, 0.2) is 0 Å². The summed E-state index contributed by atoms with van der Waals surface area (Å²) in [6.07, 6.45) is 15.6. The summed E-state index contributed by atoms with van der Waals surface area (Å²) >= 11 is 0. The number of benzene rings is 2. The first-order valence-corrected chi connectivity index (χ1v) is 15.3. The Bertz CT molecular complexity index is 1350. The van der Waals surface area contributed by atoms with Gasteiger partial charge >= 0.3 is 0 Å². The van der Waals surface area contributed by atoms with Crippen molar-refractivity contribution in [2.45, 2.75) is 93.4 Å². The molecule has 0 radical (unpaired) electrons. The fourth-order valence-corrected chi connectivity index (χ4v) is 7.71. The molecule has 0 heteroatoms. The van der Waals surface area contributed by atoms with Crippen LogP contribution in [0.15, 0.2) is 72.4 Å². The highest BCUT2D eigenvalue weighted by Crippen LogP contribution is 2.47. The predicted molar refractivity (Wildman–Crippen MR) is 171 cm³/mol. The second kappa shape index (κ2) is 10.4. The van der Waals surface area contributed by atoms with Crippen molar-refractivity contribution in [2.75, 3.05) is 0 Å². The average Bonchev–Trinajstić information content (AvgIpc) is 3.41. The molecule has 3 aliphatic rings. The molecule has 0 N–H and O–H groups in total. The van der Waals surface area contributed by atoms with E-state index in [1.807, 2.05) is 0 Å². The van der Waals surface area contributed by atoms with E-state index >= 15 is 0 Å². The van der Waals surface area contributed by atoms with Crippen molar-refractivity contribution in [3.05, 3.63) is 100 Å². The van der Waals surface area contributed by atoms with E-state index in [-0.39, 0.29) is 5.41 Å². The molecule has 0 bridgehead atoms. The van der Waals surface area contributed by atoms with Crippen molar-refractivity contribution in [2.24, 2.45) is 28.6 Å². The Kier molecular flexibility index (Phi) is 7.47. The largest absolute Gasteiger partial charge is 0.0986 e. The minimum Gasteiger partial charge on any atom is -0.0986 e. The van der Waals surface area contributed by atoms with Gasteiger partial charge in [-0.25, -0.2) is 0 Å². The van der Waals surface area contributed by atoms with Crippen molar-refractivity contribution in [3.63, 3.8) is 0 Å². The fourth-order valence-electron chi connectivity index (χ4n) is 7.71. The van der Waals surface area contributed by atoms with E-state index in [9.17, 15) is 0 Å². The minimum absolute atomic E-state index is 0.288. The smallest absolute Gasteiger partial charge is 0.00827 e. The van der Waals surface area contributed by atoms with E-state index in [2.05, 4.69) is 110 Å². The zero-order chi connectivity index (χ0) is 28.1. The predicted octanol–water partition coefficient (Wildman–Crippen LogP) is 11.0. The molecule has 0 spiro atoms. The molecule has 3 unspecified atom stereocenters. The van der Waals surface area contributed by atoms with E-state index in [0.717, 1.165) is 25.2 Å². The maximum atomic E-state index is 4.62. The van der Waals surface area contributed by atoms with Gasteiger partial charge in [-0.3, -0.25) is 0 Å². The maximum absolute atomic E-state index is 4.62. The molecule has 1 fully saturated rings. The van der Waals surface area contributed by atoms with Crippen LogP contribution in [-0.2, 0) is 12.8 Å². The molecular weight excluding hydrogens is 468 g/mol. The second-order valence-corrected chi connectivity index (χ2v) is 14.9. The third-order valence-corrected chi connectivity index (χ3v) is 10.0. The second-order valence-electron chi connectivity index (χ2n) is 14.9. The van der Waals surface area contributed by atoms with Gasteiger partial charge < -0.3 is 0 Å². The summed E-state index contributed by atoms with van der Waals surface area (Å²) in [6.45, 7) is 25.6. The number of hydrogen-bond acceptors (Lipinski definition) is 0. The van der Waals surface area contributed by atoms with Gasteiger partial charge in [0, 0.05) is 5.92 Å². The monoisotopic (exact) mass is 518 g/mol. The summed E-state index contributed by atoms with van der Waals surface area (Å²) in [6, 6.07) is 11.8. The normalized spacial score (nSPS) is 24.3.